The zero-order chi connectivity index (χ0) is 19.9. The lowest BCUT2D eigenvalue weighted by Gasteiger charge is -2.08. The van der Waals surface area contributed by atoms with Gasteiger partial charge in [0.15, 0.2) is 0 Å². The summed E-state index contributed by atoms with van der Waals surface area (Å²) < 4.78 is 47.1. The van der Waals surface area contributed by atoms with Crippen molar-refractivity contribution in [3.05, 3.63) is 46.8 Å². The van der Waals surface area contributed by atoms with Crippen LogP contribution in [0.15, 0.2) is 24.3 Å². The van der Waals surface area contributed by atoms with Gasteiger partial charge >= 0.3 is 6.18 Å². The minimum Gasteiger partial charge on any atom is -0.481 e. The molecule has 1 N–H and O–H groups in total. The third-order valence-electron chi connectivity index (χ3n) is 4.51. The molecule has 0 aliphatic rings. The van der Waals surface area contributed by atoms with E-state index >= 15 is 0 Å². The topological polar surface area (TPSA) is 61.1 Å². The quantitative estimate of drug-likeness (QED) is 0.756. The van der Waals surface area contributed by atoms with Crippen molar-refractivity contribution in [2.75, 3.05) is 7.11 Å². The Morgan fingerprint density at radius 1 is 1.26 bits per heavy atom. The van der Waals surface area contributed by atoms with Gasteiger partial charge in [0.2, 0.25) is 5.88 Å². The van der Waals surface area contributed by atoms with E-state index < -0.39 is 17.6 Å². The monoisotopic (exact) mass is 380 g/mol. The first kappa shape index (κ1) is 18.8. The fourth-order valence-electron chi connectivity index (χ4n) is 3.14. The normalized spacial score (nSPS) is 11.8. The van der Waals surface area contributed by atoms with Crippen LogP contribution in [0.4, 0.5) is 13.2 Å². The molecule has 0 spiro atoms. The number of aromatic nitrogens is 3. The summed E-state index contributed by atoms with van der Waals surface area (Å²) in [4.78, 5) is 12.6. The van der Waals surface area contributed by atoms with Crippen LogP contribution >= 0.6 is 0 Å². The number of nitrogens with one attached hydrogen (secondary N) is 1. The van der Waals surface area contributed by atoms with Crippen molar-refractivity contribution in [3.8, 4) is 5.88 Å². The van der Waals surface area contributed by atoms with Gasteiger partial charge in [0.25, 0.3) is 5.91 Å². The highest BCUT2D eigenvalue weighted by Crippen LogP contribution is 2.32. The van der Waals surface area contributed by atoms with Crippen LogP contribution in [0.5, 0.6) is 5.88 Å². The number of amides is 1. The number of carbonyl (C=O) groups excluding carboxylic acids is 1. The van der Waals surface area contributed by atoms with Crippen LogP contribution in [0.3, 0.4) is 0 Å². The van der Waals surface area contributed by atoms with E-state index in [1.165, 1.54) is 19.2 Å². The molecule has 0 saturated heterocycles. The highest BCUT2D eigenvalue weighted by molar-refractivity contribution is 5.98. The summed E-state index contributed by atoms with van der Waals surface area (Å²) >= 11 is 0. The summed E-state index contributed by atoms with van der Waals surface area (Å²) in [5.74, 6) is 0.146. The van der Waals surface area contributed by atoms with E-state index in [0.717, 1.165) is 23.4 Å². The Morgan fingerprint density at radius 3 is 2.59 bits per heavy atom. The first-order chi connectivity index (χ1) is 12.6. The average Bonchev–Trinajstić information content (AvgIpc) is 3.07. The molecule has 9 heteroatoms. The Kier molecular flexibility index (Phi) is 4.63. The van der Waals surface area contributed by atoms with E-state index in [9.17, 15) is 18.0 Å². The van der Waals surface area contributed by atoms with Gasteiger partial charge in [-0.05, 0) is 31.2 Å². The van der Waals surface area contributed by atoms with E-state index in [-0.39, 0.29) is 12.2 Å². The maximum absolute atomic E-state index is 12.9. The fraction of sp³-hybridized carbons (Fsp3) is 0.333. The van der Waals surface area contributed by atoms with Gasteiger partial charge in [-0.15, -0.1) is 0 Å². The van der Waals surface area contributed by atoms with Crippen molar-refractivity contribution in [2.24, 2.45) is 14.1 Å². The van der Waals surface area contributed by atoms with Gasteiger partial charge in [0, 0.05) is 25.0 Å². The number of aryl methyl sites for hydroxylation is 3. The highest BCUT2D eigenvalue weighted by atomic mass is 19.4. The second-order valence-electron chi connectivity index (χ2n) is 6.24. The molecule has 0 unspecified atom stereocenters. The molecule has 0 atom stereocenters. The largest absolute Gasteiger partial charge is 0.481 e. The van der Waals surface area contributed by atoms with Crippen molar-refractivity contribution >= 4 is 16.8 Å². The number of alkyl halides is 3. The van der Waals surface area contributed by atoms with Crippen molar-refractivity contribution in [1.29, 1.82) is 0 Å². The van der Waals surface area contributed by atoms with Gasteiger partial charge in [-0.2, -0.15) is 18.3 Å². The Morgan fingerprint density at radius 2 is 1.96 bits per heavy atom. The van der Waals surface area contributed by atoms with Crippen molar-refractivity contribution in [3.63, 3.8) is 0 Å². The number of halogens is 3. The number of methoxy groups -OCH3 is 1. The SMILES string of the molecule is COc1c(CNC(=O)c2cc3cc(C(F)(F)F)ccc3n2C)c(C)nn1C. The van der Waals surface area contributed by atoms with E-state index in [1.807, 2.05) is 0 Å². The third kappa shape index (κ3) is 3.36. The summed E-state index contributed by atoms with van der Waals surface area (Å²) in [5, 5.41) is 7.38. The number of benzene rings is 1. The van der Waals surface area contributed by atoms with Crippen molar-refractivity contribution in [1.82, 2.24) is 19.7 Å². The Hall–Kier alpha value is -2.97. The molecule has 2 aromatic heterocycles. The van der Waals surface area contributed by atoms with Gasteiger partial charge in [-0.1, -0.05) is 0 Å². The zero-order valence-electron chi connectivity index (χ0n) is 15.3. The van der Waals surface area contributed by atoms with Gasteiger partial charge in [0.1, 0.15) is 5.69 Å². The second-order valence-corrected chi connectivity index (χ2v) is 6.24. The summed E-state index contributed by atoms with van der Waals surface area (Å²) in [6.45, 7) is 2.00. The average molecular weight is 380 g/mol. The van der Waals surface area contributed by atoms with Gasteiger partial charge in [-0.25, -0.2) is 4.68 Å². The molecule has 0 aliphatic carbocycles. The molecule has 0 saturated carbocycles. The summed E-state index contributed by atoms with van der Waals surface area (Å²) in [6, 6.07) is 4.87. The molecule has 0 fully saturated rings. The van der Waals surface area contributed by atoms with E-state index in [4.69, 9.17) is 4.74 Å². The minimum atomic E-state index is -4.43. The Bertz CT molecular complexity index is 1020. The molecule has 3 aromatic rings. The Labute approximate surface area is 153 Å². The first-order valence-electron chi connectivity index (χ1n) is 8.14. The zero-order valence-corrected chi connectivity index (χ0v) is 15.3. The number of rotatable bonds is 4. The van der Waals surface area contributed by atoms with E-state index in [0.29, 0.717) is 16.8 Å². The number of nitrogens with zero attached hydrogens (tertiary/aromatic N) is 3. The van der Waals surface area contributed by atoms with Gasteiger partial charge in [-0.3, -0.25) is 4.79 Å². The number of carbonyl (C=O) groups is 1. The smallest absolute Gasteiger partial charge is 0.416 e. The second kappa shape index (κ2) is 6.64. The van der Waals surface area contributed by atoms with E-state index in [2.05, 4.69) is 10.4 Å². The molecular formula is C18H19F3N4O2. The van der Waals surface area contributed by atoms with Crippen LogP contribution in [0, 0.1) is 6.92 Å². The van der Waals surface area contributed by atoms with Crippen LogP contribution in [-0.2, 0) is 26.8 Å². The maximum atomic E-state index is 12.9. The van der Waals surface area contributed by atoms with Crippen molar-refractivity contribution < 1.29 is 22.7 Å². The van der Waals surface area contributed by atoms with Crippen molar-refractivity contribution in [2.45, 2.75) is 19.6 Å². The predicted molar refractivity (Wildman–Crippen MR) is 93.6 cm³/mol. The molecule has 1 amide bonds. The standard InChI is InChI=1S/C18H19F3N4O2/c1-10-13(17(27-4)25(3)23-10)9-22-16(26)15-8-11-7-12(18(19,20)21)5-6-14(11)24(15)2/h5-8H,9H2,1-4H3,(H,22,26). The minimum absolute atomic E-state index is 0.191. The molecule has 0 radical (unpaired) electrons. The van der Waals surface area contributed by atoms with Gasteiger partial charge in [0.05, 0.1) is 30.5 Å². The number of hydrogen-bond acceptors (Lipinski definition) is 3. The third-order valence-corrected chi connectivity index (χ3v) is 4.51. The molecule has 3 rings (SSSR count). The molecule has 27 heavy (non-hydrogen) atoms. The molecule has 6 nitrogen and oxygen atoms in total. The van der Waals surface area contributed by atoms with Crippen LogP contribution in [0.1, 0.15) is 27.3 Å². The first-order valence-corrected chi connectivity index (χ1v) is 8.14. The highest BCUT2D eigenvalue weighted by Gasteiger charge is 2.31. The Balaban J connectivity index is 1.87. The molecular weight excluding hydrogens is 361 g/mol. The number of hydrogen-bond donors (Lipinski definition) is 1. The summed E-state index contributed by atoms with van der Waals surface area (Å²) in [6.07, 6.45) is -4.43. The fourth-order valence-corrected chi connectivity index (χ4v) is 3.14. The molecule has 144 valence electrons. The number of ether oxygens (including phenoxy) is 1. The lowest BCUT2D eigenvalue weighted by molar-refractivity contribution is -0.137. The molecule has 2 heterocycles. The van der Waals surface area contributed by atoms with Crippen LogP contribution in [-0.4, -0.2) is 27.4 Å². The number of fused-ring (bicyclic) bond motifs is 1. The van der Waals surface area contributed by atoms with Crippen LogP contribution in [0.25, 0.3) is 10.9 Å². The summed E-state index contributed by atoms with van der Waals surface area (Å²) in [7, 11) is 4.89. The van der Waals surface area contributed by atoms with Crippen LogP contribution in [0.2, 0.25) is 0 Å². The lowest BCUT2D eigenvalue weighted by Crippen LogP contribution is -2.25. The summed E-state index contributed by atoms with van der Waals surface area (Å²) in [5.41, 5.74) is 1.53. The van der Waals surface area contributed by atoms with Crippen LogP contribution < -0.4 is 10.1 Å². The maximum Gasteiger partial charge on any atom is 0.416 e. The van der Waals surface area contributed by atoms with E-state index in [1.54, 1.807) is 30.3 Å². The molecule has 1 aromatic carbocycles. The predicted octanol–water partition coefficient (Wildman–Crippen LogP) is 3.18. The molecule has 0 bridgehead atoms. The van der Waals surface area contributed by atoms with Gasteiger partial charge < -0.3 is 14.6 Å². The lowest BCUT2D eigenvalue weighted by atomic mass is 10.1. The molecule has 0 aliphatic heterocycles.